The van der Waals surface area contributed by atoms with Crippen LogP contribution in [0.25, 0.3) is 0 Å². The Bertz CT molecular complexity index is 285. The SMILES string of the molecule is CN1CCCC(NC(=O)NC[C@H](O)C(=O)O)C1. The first-order chi connectivity index (χ1) is 7.99. The van der Waals surface area contributed by atoms with E-state index in [9.17, 15) is 9.59 Å². The van der Waals surface area contributed by atoms with Crippen LogP contribution in [0.5, 0.6) is 0 Å². The zero-order valence-electron chi connectivity index (χ0n) is 9.85. The van der Waals surface area contributed by atoms with Gasteiger partial charge in [-0.05, 0) is 26.4 Å². The van der Waals surface area contributed by atoms with Crippen LogP contribution in [0.4, 0.5) is 4.79 Å². The number of piperidine rings is 1. The van der Waals surface area contributed by atoms with Gasteiger partial charge in [0.05, 0.1) is 6.54 Å². The molecule has 1 unspecified atom stereocenters. The number of likely N-dealkylation sites (N-methyl/N-ethyl adjacent to an activating group) is 1. The molecule has 0 aromatic rings. The highest BCUT2D eigenvalue weighted by atomic mass is 16.4. The van der Waals surface area contributed by atoms with Gasteiger partial charge in [0, 0.05) is 12.6 Å². The molecule has 1 saturated heterocycles. The van der Waals surface area contributed by atoms with Gasteiger partial charge in [-0.2, -0.15) is 0 Å². The van der Waals surface area contributed by atoms with Gasteiger partial charge in [0.2, 0.25) is 0 Å². The van der Waals surface area contributed by atoms with Gasteiger partial charge in [0.25, 0.3) is 0 Å². The third-order valence-corrected chi connectivity index (χ3v) is 2.70. The average molecular weight is 245 g/mol. The number of aliphatic hydroxyl groups is 1. The maximum atomic E-state index is 11.4. The Kier molecular flexibility index (Phi) is 5.17. The molecule has 7 nitrogen and oxygen atoms in total. The van der Waals surface area contributed by atoms with E-state index < -0.39 is 18.1 Å². The molecule has 0 aromatic heterocycles. The molecule has 0 aliphatic carbocycles. The molecule has 2 amide bonds. The minimum atomic E-state index is -1.56. The largest absolute Gasteiger partial charge is 0.479 e. The lowest BCUT2D eigenvalue weighted by molar-refractivity contribution is -0.146. The van der Waals surface area contributed by atoms with Crippen LogP contribution in [0.3, 0.4) is 0 Å². The molecular weight excluding hydrogens is 226 g/mol. The minimum absolute atomic E-state index is 0.0794. The lowest BCUT2D eigenvalue weighted by Gasteiger charge is -2.30. The van der Waals surface area contributed by atoms with Crippen LogP contribution < -0.4 is 10.6 Å². The van der Waals surface area contributed by atoms with Gasteiger partial charge >= 0.3 is 12.0 Å². The van der Waals surface area contributed by atoms with E-state index >= 15 is 0 Å². The molecule has 1 aliphatic rings. The number of hydrogen-bond acceptors (Lipinski definition) is 4. The average Bonchev–Trinajstić information content (AvgIpc) is 2.25. The number of aliphatic hydroxyl groups excluding tert-OH is 1. The Balaban J connectivity index is 2.22. The lowest BCUT2D eigenvalue weighted by Crippen LogP contribution is -2.51. The summed E-state index contributed by atoms with van der Waals surface area (Å²) in [4.78, 5) is 23.8. The van der Waals surface area contributed by atoms with Gasteiger partial charge in [-0.3, -0.25) is 0 Å². The third-order valence-electron chi connectivity index (χ3n) is 2.70. The molecule has 0 spiro atoms. The Labute approximate surface area is 99.8 Å². The van der Waals surface area contributed by atoms with Crippen molar-refractivity contribution in [2.75, 3.05) is 26.7 Å². The Morgan fingerprint density at radius 2 is 2.24 bits per heavy atom. The lowest BCUT2D eigenvalue weighted by atomic mass is 10.1. The molecule has 17 heavy (non-hydrogen) atoms. The molecule has 0 radical (unpaired) electrons. The van der Waals surface area contributed by atoms with Crippen LogP contribution in [0.2, 0.25) is 0 Å². The van der Waals surface area contributed by atoms with Crippen molar-refractivity contribution in [3.05, 3.63) is 0 Å². The highest BCUT2D eigenvalue weighted by Crippen LogP contribution is 2.07. The summed E-state index contributed by atoms with van der Waals surface area (Å²) in [6.45, 7) is 1.52. The van der Waals surface area contributed by atoms with Gasteiger partial charge in [0.1, 0.15) is 0 Å². The fourth-order valence-electron chi connectivity index (χ4n) is 1.80. The predicted octanol–water partition coefficient (Wildman–Crippen LogP) is -1.17. The fourth-order valence-corrected chi connectivity index (χ4v) is 1.80. The quantitative estimate of drug-likeness (QED) is 0.499. The predicted molar refractivity (Wildman–Crippen MR) is 60.7 cm³/mol. The zero-order valence-corrected chi connectivity index (χ0v) is 9.85. The van der Waals surface area contributed by atoms with Gasteiger partial charge in [-0.1, -0.05) is 0 Å². The molecule has 98 valence electrons. The van der Waals surface area contributed by atoms with Crippen LogP contribution in [0.1, 0.15) is 12.8 Å². The first-order valence-corrected chi connectivity index (χ1v) is 5.63. The van der Waals surface area contributed by atoms with Crippen LogP contribution >= 0.6 is 0 Å². The van der Waals surface area contributed by atoms with Crippen LogP contribution in [0, 0.1) is 0 Å². The molecule has 1 aliphatic heterocycles. The molecule has 0 saturated carbocycles. The molecular formula is C10H19N3O4. The number of nitrogens with one attached hydrogen (secondary N) is 2. The van der Waals surface area contributed by atoms with E-state index in [0.29, 0.717) is 0 Å². The van der Waals surface area contributed by atoms with Gasteiger partial charge in [-0.25, -0.2) is 9.59 Å². The molecule has 1 rings (SSSR count). The second-order valence-corrected chi connectivity index (χ2v) is 4.31. The van der Waals surface area contributed by atoms with E-state index in [1.165, 1.54) is 0 Å². The summed E-state index contributed by atoms with van der Waals surface area (Å²) < 4.78 is 0. The number of likely N-dealkylation sites (tertiary alicyclic amines) is 1. The second kappa shape index (κ2) is 6.41. The van der Waals surface area contributed by atoms with Crippen LogP contribution in [0.15, 0.2) is 0 Å². The first kappa shape index (κ1) is 13.7. The van der Waals surface area contributed by atoms with E-state index in [2.05, 4.69) is 15.5 Å². The van der Waals surface area contributed by atoms with E-state index in [4.69, 9.17) is 10.2 Å². The first-order valence-electron chi connectivity index (χ1n) is 5.63. The highest BCUT2D eigenvalue weighted by molar-refractivity contribution is 5.76. The van der Waals surface area contributed by atoms with E-state index in [0.717, 1.165) is 25.9 Å². The van der Waals surface area contributed by atoms with Gasteiger partial charge in [-0.15, -0.1) is 0 Å². The molecule has 1 fully saturated rings. The van der Waals surface area contributed by atoms with E-state index in [1.54, 1.807) is 0 Å². The fraction of sp³-hybridized carbons (Fsp3) is 0.800. The number of carboxylic acids is 1. The van der Waals surface area contributed by atoms with Crippen molar-refractivity contribution in [2.24, 2.45) is 0 Å². The number of urea groups is 1. The summed E-state index contributed by atoms with van der Waals surface area (Å²) in [5, 5.41) is 22.5. The second-order valence-electron chi connectivity index (χ2n) is 4.31. The monoisotopic (exact) mass is 245 g/mol. The minimum Gasteiger partial charge on any atom is -0.479 e. The number of carboxylic acid groups (broad SMARTS) is 1. The Morgan fingerprint density at radius 1 is 1.53 bits per heavy atom. The Hall–Kier alpha value is -1.34. The summed E-state index contributed by atoms with van der Waals surface area (Å²) in [5.41, 5.74) is 0. The van der Waals surface area contributed by atoms with Crippen molar-refractivity contribution >= 4 is 12.0 Å². The number of carbonyl (C=O) groups excluding carboxylic acids is 1. The van der Waals surface area contributed by atoms with Crippen LogP contribution in [-0.4, -0.2) is 65.9 Å². The molecule has 0 aromatic carbocycles. The topological polar surface area (TPSA) is 102 Å². The standard InChI is InChI=1S/C10H19N3O4/c1-13-4-2-3-7(6-13)12-10(17)11-5-8(14)9(15)16/h7-8,14H,2-6H2,1H3,(H,15,16)(H2,11,12,17)/t7?,8-/m0/s1. The summed E-state index contributed by atoms with van der Waals surface area (Å²) in [7, 11) is 1.99. The highest BCUT2D eigenvalue weighted by Gasteiger charge is 2.20. The third kappa shape index (κ3) is 5.01. The summed E-state index contributed by atoms with van der Waals surface area (Å²) in [6, 6.07) is -0.360. The smallest absolute Gasteiger partial charge is 0.334 e. The molecule has 1 heterocycles. The van der Waals surface area contributed by atoms with Crippen molar-refractivity contribution in [2.45, 2.75) is 25.0 Å². The maximum absolute atomic E-state index is 11.4. The van der Waals surface area contributed by atoms with Crippen LogP contribution in [-0.2, 0) is 4.79 Å². The number of hydrogen-bond donors (Lipinski definition) is 4. The van der Waals surface area contributed by atoms with Gasteiger partial charge in [0.15, 0.2) is 6.10 Å². The molecule has 0 bridgehead atoms. The summed E-state index contributed by atoms with van der Waals surface area (Å²) >= 11 is 0. The van der Waals surface area contributed by atoms with E-state index in [-0.39, 0.29) is 12.6 Å². The van der Waals surface area contributed by atoms with Gasteiger partial charge < -0.3 is 25.7 Å². The number of rotatable bonds is 4. The maximum Gasteiger partial charge on any atom is 0.334 e. The number of amides is 2. The van der Waals surface area contributed by atoms with Crippen molar-refractivity contribution in [3.8, 4) is 0 Å². The molecule has 2 atom stereocenters. The Morgan fingerprint density at radius 3 is 2.82 bits per heavy atom. The number of carbonyl (C=O) groups is 2. The van der Waals surface area contributed by atoms with Crippen molar-refractivity contribution < 1.29 is 19.8 Å². The molecule has 7 heteroatoms. The zero-order chi connectivity index (χ0) is 12.8. The normalized spacial score (nSPS) is 22.8. The van der Waals surface area contributed by atoms with Crippen molar-refractivity contribution in [1.82, 2.24) is 15.5 Å². The molecule has 4 N–H and O–H groups in total. The number of aliphatic carboxylic acids is 1. The number of nitrogens with zero attached hydrogens (tertiary/aromatic N) is 1. The summed E-state index contributed by atoms with van der Waals surface area (Å²) in [5.74, 6) is -1.34. The van der Waals surface area contributed by atoms with E-state index in [1.807, 2.05) is 7.05 Å². The van der Waals surface area contributed by atoms with Crippen molar-refractivity contribution in [1.29, 1.82) is 0 Å². The van der Waals surface area contributed by atoms with Crippen molar-refractivity contribution in [3.63, 3.8) is 0 Å². The summed E-state index contributed by atoms with van der Waals surface area (Å²) in [6.07, 6.45) is 0.383.